The summed E-state index contributed by atoms with van der Waals surface area (Å²) in [4.78, 5) is 3.60. The van der Waals surface area contributed by atoms with Crippen LogP contribution in [0.4, 0.5) is 19.0 Å². The van der Waals surface area contributed by atoms with Gasteiger partial charge >= 0.3 is 6.18 Å². The normalized spacial score (nSPS) is 11.9. The second-order valence-electron chi connectivity index (χ2n) is 3.43. The van der Waals surface area contributed by atoms with Crippen LogP contribution in [0.25, 0.3) is 0 Å². The quantitative estimate of drug-likeness (QED) is 0.658. The maximum atomic E-state index is 12.4. The van der Waals surface area contributed by atoms with Crippen LogP contribution in [-0.2, 0) is 6.18 Å². The van der Waals surface area contributed by atoms with E-state index in [-0.39, 0.29) is 16.7 Å². The highest BCUT2D eigenvalue weighted by molar-refractivity contribution is 6.33. The molecule has 0 aromatic carbocycles. The molecule has 0 spiro atoms. The molecule has 1 aromatic rings. The molecule has 0 saturated carbocycles. The van der Waals surface area contributed by atoms with Crippen LogP contribution in [0.1, 0.15) is 5.56 Å². The molecule has 102 valence electrons. The van der Waals surface area contributed by atoms with Crippen molar-refractivity contribution in [2.45, 2.75) is 6.18 Å². The lowest BCUT2D eigenvalue weighted by Gasteiger charge is -2.21. The zero-order chi connectivity index (χ0) is 14.6. The van der Waals surface area contributed by atoms with Gasteiger partial charge in [-0.2, -0.15) is 18.4 Å². The molecule has 3 N–H and O–H groups in total. The summed E-state index contributed by atoms with van der Waals surface area (Å²) in [6.07, 6.45) is -2.83. The molecule has 0 amide bonds. The molecule has 9 heteroatoms. The van der Waals surface area contributed by atoms with Gasteiger partial charge in [0.05, 0.1) is 22.7 Å². The van der Waals surface area contributed by atoms with Gasteiger partial charge in [0.2, 0.25) is 0 Å². The molecule has 0 aliphatic heterocycles. The molecule has 0 atom stereocenters. The Hall–Kier alpha value is -2.14. The van der Waals surface area contributed by atoms with Crippen molar-refractivity contribution in [1.82, 2.24) is 10.4 Å². The van der Waals surface area contributed by atoms with Crippen LogP contribution in [0.5, 0.6) is 0 Å². The molecular formula is C10H9ClF3N5. The van der Waals surface area contributed by atoms with Crippen molar-refractivity contribution in [2.24, 2.45) is 5.73 Å². The summed E-state index contributed by atoms with van der Waals surface area (Å²) in [5, 5.41) is 9.37. The fourth-order valence-corrected chi connectivity index (χ4v) is 1.47. The van der Waals surface area contributed by atoms with Crippen LogP contribution < -0.4 is 16.2 Å². The maximum Gasteiger partial charge on any atom is 0.417 e. The van der Waals surface area contributed by atoms with E-state index >= 15 is 0 Å². The predicted octanol–water partition coefficient (Wildman–Crippen LogP) is 2.02. The third-order valence-corrected chi connectivity index (χ3v) is 2.26. The van der Waals surface area contributed by atoms with E-state index in [4.69, 9.17) is 22.6 Å². The molecule has 0 bridgehead atoms. The lowest BCUT2D eigenvalue weighted by Crippen LogP contribution is -2.37. The number of hydrogen-bond acceptors (Lipinski definition) is 5. The number of hydrazine groups is 1. The molecule has 0 unspecified atom stereocenters. The minimum atomic E-state index is -4.51. The summed E-state index contributed by atoms with van der Waals surface area (Å²) in [5.41, 5.74) is 6.98. The third kappa shape index (κ3) is 3.93. The van der Waals surface area contributed by atoms with E-state index in [2.05, 4.69) is 10.4 Å². The summed E-state index contributed by atoms with van der Waals surface area (Å²) in [6.45, 7) is 0. The minimum absolute atomic E-state index is 0.00256. The van der Waals surface area contributed by atoms with Gasteiger partial charge in [-0.25, -0.2) is 4.98 Å². The topological polar surface area (TPSA) is 78.0 Å². The Bertz CT molecular complexity index is 535. The Morgan fingerprint density at radius 1 is 1.63 bits per heavy atom. The number of hydrogen-bond donors (Lipinski definition) is 2. The summed E-state index contributed by atoms with van der Waals surface area (Å²) in [6, 6.07) is 2.45. The van der Waals surface area contributed by atoms with Crippen LogP contribution in [-0.4, -0.2) is 12.0 Å². The van der Waals surface area contributed by atoms with E-state index in [1.165, 1.54) is 12.1 Å². The Morgan fingerprint density at radius 3 is 2.74 bits per heavy atom. The first-order valence-corrected chi connectivity index (χ1v) is 5.22. The molecule has 1 heterocycles. The van der Waals surface area contributed by atoms with Gasteiger partial charge in [-0.05, 0) is 6.07 Å². The average molecular weight is 292 g/mol. The monoisotopic (exact) mass is 291 g/mol. The molecule has 0 fully saturated rings. The second kappa shape index (κ2) is 5.67. The highest BCUT2D eigenvalue weighted by Gasteiger charge is 2.31. The fourth-order valence-electron chi connectivity index (χ4n) is 1.18. The Morgan fingerprint density at radius 2 is 2.26 bits per heavy atom. The number of allylic oxidation sites excluding steroid dienone is 1. The lowest BCUT2D eigenvalue weighted by molar-refractivity contribution is -0.137. The number of anilines is 1. The zero-order valence-corrected chi connectivity index (χ0v) is 10.4. The highest BCUT2D eigenvalue weighted by atomic mass is 35.5. The molecule has 1 aromatic heterocycles. The first kappa shape index (κ1) is 14.9. The number of pyridine rings is 1. The van der Waals surface area contributed by atoms with Crippen LogP contribution in [0.2, 0.25) is 5.02 Å². The van der Waals surface area contributed by atoms with Gasteiger partial charge in [0.25, 0.3) is 0 Å². The van der Waals surface area contributed by atoms with Crippen molar-refractivity contribution in [1.29, 1.82) is 5.26 Å². The van der Waals surface area contributed by atoms with E-state index in [1.54, 1.807) is 6.07 Å². The van der Waals surface area contributed by atoms with Gasteiger partial charge in [0.15, 0.2) is 5.82 Å². The first-order valence-electron chi connectivity index (χ1n) is 4.84. The van der Waals surface area contributed by atoms with E-state index in [1.807, 2.05) is 0 Å². The van der Waals surface area contributed by atoms with Crippen LogP contribution in [0, 0.1) is 11.3 Å². The predicted molar refractivity (Wildman–Crippen MR) is 63.7 cm³/mol. The Labute approximate surface area is 112 Å². The number of halogens is 4. The molecule has 0 aliphatic rings. The van der Waals surface area contributed by atoms with Gasteiger partial charge in [0.1, 0.15) is 5.82 Å². The summed E-state index contributed by atoms with van der Waals surface area (Å²) in [5.74, 6) is 0.0479. The van der Waals surface area contributed by atoms with E-state index in [0.717, 1.165) is 12.1 Å². The van der Waals surface area contributed by atoms with Gasteiger partial charge in [0, 0.05) is 13.2 Å². The van der Waals surface area contributed by atoms with Crippen molar-refractivity contribution in [2.75, 3.05) is 12.1 Å². The number of nitrogens with two attached hydrogens (primary N) is 1. The smallest absolute Gasteiger partial charge is 0.384 e. The molecular weight excluding hydrogens is 283 g/mol. The summed E-state index contributed by atoms with van der Waals surface area (Å²) >= 11 is 5.72. The van der Waals surface area contributed by atoms with E-state index in [9.17, 15) is 13.2 Å². The number of alkyl halides is 3. The minimum Gasteiger partial charge on any atom is -0.384 e. The fraction of sp³-hybridized carbons (Fsp3) is 0.200. The molecule has 0 radical (unpaired) electrons. The van der Waals surface area contributed by atoms with Gasteiger partial charge in [-0.3, -0.25) is 10.4 Å². The Balaban J connectivity index is 2.98. The largest absolute Gasteiger partial charge is 0.417 e. The van der Waals surface area contributed by atoms with Crippen LogP contribution >= 0.6 is 11.6 Å². The summed E-state index contributed by atoms with van der Waals surface area (Å²) in [7, 11) is 1.44. The maximum absolute atomic E-state index is 12.4. The lowest BCUT2D eigenvalue weighted by atomic mass is 10.3. The number of aromatic nitrogens is 1. The van der Waals surface area contributed by atoms with E-state index in [0.29, 0.717) is 6.20 Å². The Kier molecular flexibility index (Phi) is 4.45. The van der Waals surface area contributed by atoms with Crippen molar-refractivity contribution in [3.63, 3.8) is 0 Å². The van der Waals surface area contributed by atoms with Crippen molar-refractivity contribution < 1.29 is 13.2 Å². The van der Waals surface area contributed by atoms with Gasteiger partial charge in [-0.1, -0.05) is 11.6 Å². The second-order valence-corrected chi connectivity index (χ2v) is 3.83. The van der Waals surface area contributed by atoms with Crippen molar-refractivity contribution in [3.05, 3.63) is 34.7 Å². The molecule has 0 aliphatic carbocycles. The van der Waals surface area contributed by atoms with Crippen molar-refractivity contribution in [3.8, 4) is 6.07 Å². The standard InChI is InChI=1S/C10H9ClF3N5/c1-19(18-8(16)2-3-15)9-7(11)4-6(5-17-9)10(12,13)14/h2,4-5,18H,16H2,1H3/b8-2-. The number of nitriles is 1. The van der Waals surface area contributed by atoms with Crippen LogP contribution in [0.3, 0.4) is 0 Å². The SMILES string of the molecule is CN(N/C(N)=C\C#N)c1ncc(C(F)(F)F)cc1Cl. The first-order chi connectivity index (χ1) is 8.75. The van der Waals surface area contributed by atoms with Gasteiger partial charge < -0.3 is 5.73 Å². The highest BCUT2D eigenvalue weighted by Crippen LogP contribution is 2.32. The molecule has 0 saturated heterocycles. The zero-order valence-electron chi connectivity index (χ0n) is 9.66. The summed E-state index contributed by atoms with van der Waals surface area (Å²) < 4.78 is 37.3. The van der Waals surface area contributed by atoms with Crippen molar-refractivity contribution >= 4 is 17.4 Å². The van der Waals surface area contributed by atoms with Gasteiger partial charge in [-0.15, -0.1) is 0 Å². The average Bonchev–Trinajstić information content (AvgIpc) is 2.27. The van der Waals surface area contributed by atoms with E-state index < -0.39 is 11.7 Å². The number of nitrogens with zero attached hydrogens (tertiary/aromatic N) is 3. The molecule has 1 rings (SSSR count). The molecule has 19 heavy (non-hydrogen) atoms. The third-order valence-electron chi connectivity index (χ3n) is 1.98. The number of nitrogens with one attached hydrogen (secondary N) is 1. The van der Waals surface area contributed by atoms with Crippen LogP contribution in [0.15, 0.2) is 24.2 Å². The molecule has 5 nitrogen and oxygen atoms in total. The number of rotatable bonds is 3.